The summed E-state index contributed by atoms with van der Waals surface area (Å²) >= 11 is 11.8. The molecule has 8 heteroatoms. The fourth-order valence-corrected chi connectivity index (χ4v) is 4.17. The minimum absolute atomic E-state index is 0.0242. The lowest BCUT2D eigenvalue weighted by atomic mass is 10.2. The molecule has 0 aliphatic heterocycles. The maximum absolute atomic E-state index is 13.2. The first-order valence-corrected chi connectivity index (χ1v) is 10.8. The Labute approximate surface area is 177 Å². The smallest absolute Gasteiger partial charge is 0.238 e. The van der Waals surface area contributed by atoms with Crippen LogP contribution in [0.4, 0.5) is 11.6 Å². The highest BCUT2D eigenvalue weighted by Gasteiger charge is 2.28. The third-order valence-electron chi connectivity index (χ3n) is 4.10. The van der Waals surface area contributed by atoms with E-state index < -0.39 is 9.84 Å². The lowest BCUT2D eigenvalue weighted by Gasteiger charge is -2.06. The van der Waals surface area contributed by atoms with Gasteiger partial charge in [0, 0.05) is 21.3 Å². The van der Waals surface area contributed by atoms with Crippen LogP contribution >= 0.6 is 23.2 Å². The van der Waals surface area contributed by atoms with E-state index in [2.05, 4.69) is 10.3 Å². The molecule has 1 heterocycles. The first-order valence-electron chi connectivity index (χ1n) is 8.53. The van der Waals surface area contributed by atoms with Crippen LogP contribution in [0.1, 0.15) is 0 Å². The summed E-state index contributed by atoms with van der Waals surface area (Å²) in [6.07, 6.45) is 0. The minimum atomic E-state index is -3.95. The van der Waals surface area contributed by atoms with Gasteiger partial charge in [-0.05, 0) is 60.7 Å². The zero-order chi connectivity index (χ0) is 20.4. The van der Waals surface area contributed by atoms with E-state index in [1.807, 2.05) is 18.2 Å². The molecule has 0 fully saturated rings. The van der Waals surface area contributed by atoms with Crippen molar-refractivity contribution >= 4 is 44.6 Å². The molecule has 0 bridgehead atoms. The Bertz CT molecular complexity index is 1240. The average molecular weight is 445 g/mol. The predicted molar refractivity (Wildman–Crippen MR) is 114 cm³/mol. The maximum atomic E-state index is 13.2. The number of aromatic nitrogens is 1. The number of oxazole rings is 1. The van der Waals surface area contributed by atoms with Gasteiger partial charge in [0.2, 0.25) is 26.6 Å². The maximum Gasteiger partial charge on any atom is 0.238 e. The summed E-state index contributed by atoms with van der Waals surface area (Å²) in [5, 5.41) is 3.78. The minimum Gasteiger partial charge on any atom is -0.419 e. The first-order chi connectivity index (χ1) is 13.9. The number of sulfone groups is 1. The van der Waals surface area contributed by atoms with E-state index in [1.165, 1.54) is 24.3 Å². The molecule has 1 N–H and O–H groups in total. The molecule has 0 atom stereocenters. The lowest BCUT2D eigenvalue weighted by molar-refractivity contribution is 0.582. The Kier molecular flexibility index (Phi) is 5.32. The van der Waals surface area contributed by atoms with Gasteiger partial charge < -0.3 is 9.73 Å². The Morgan fingerprint density at radius 2 is 1.38 bits per heavy atom. The van der Waals surface area contributed by atoms with Crippen molar-refractivity contribution in [2.75, 3.05) is 5.32 Å². The molecular formula is C21H14Cl2N2O3S. The average Bonchev–Trinajstić information content (AvgIpc) is 3.14. The summed E-state index contributed by atoms with van der Waals surface area (Å²) in [6.45, 7) is 0. The standard InChI is InChI=1S/C21H14Cl2N2O3S/c22-15-8-6-14(7-9-15)19-25-21(20(28-19)24-17-4-2-1-3-5-17)29(26,27)18-12-10-16(23)11-13-18/h1-13,24H. The van der Waals surface area contributed by atoms with Gasteiger partial charge in [-0.25, -0.2) is 8.42 Å². The van der Waals surface area contributed by atoms with E-state index in [1.54, 1.807) is 36.4 Å². The van der Waals surface area contributed by atoms with Crippen molar-refractivity contribution in [3.63, 3.8) is 0 Å². The van der Waals surface area contributed by atoms with Crippen LogP contribution in [0.3, 0.4) is 0 Å². The van der Waals surface area contributed by atoms with Crippen molar-refractivity contribution in [3.05, 3.63) is 88.9 Å². The normalized spacial score (nSPS) is 11.4. The first kappa shape index (κ1) is 19.5. The number of nitrogens with one attached hydrogen (secondary N) is 1. The van der Waals surface area contributed by atoms with Gasteiger partial charge in [0.15, 0.2) is 0 Å². The van der Waals surface area contributed by atoms with Gasteiger partial charge in [-0.2, -0.15) is 4.98 Å². The zero-order valence-corrected chi connectivity index (χ0v) is 17.2. The predicted octanol–water partition coefficient (Wildman–Crippen LogP) is 6.22. The van der Waals surface area contributed by atoms with Crippen LogP contribution in [0.15, 0.2) is 93.2 Å². The van der Waals surface area contributed by atoms with E-state index in [-0.39, 0.29) is 21.7 Å². The van der Waals surface area contributed by atoms with Crippen molar-refractivity contribution in [2.24, 2.45) is 0 Å². The van der Waals surface area contributed by atoms with E-state index in [0.717, 1.165) is 0 Å². The summed E-state index contributed by atoms with van der Waals surface area (Å²) in [5.74, 6) is 0.184. The van der Waals surface area contributed by atoms with Crippen molar-refractivity contribution in [1.82, 2.24) is 4.98 Å². The van der Waals surface area contributed by atoms with Crippen LogP contribution in [-0.4, -0.2) is 13.4 Å². The number of halogens is 2. The molecule has 0 radical (unpaired) electrons. The molecule has 0 amide bonds. The van der Waals surface area contributed by atoms with E-state index in [9.17, 15) is 8.42 Å². The molecule has 4 aromatic rings. The van der Waals surface area contributed by atoms with Crippen LogP contribution in [0.2, 0.25) is 10.0 Å². The van der Waals surface area contributed by atoms with E-state index in [4.69, 9.17) is 27.6 Å². The number of hydrogen-bond acceptors (Lipinski definition) is 5. The molecule has 29 heavy (non-hydrogen) atoms. The van der Waals surface area contributed by atoms with Crippen molar-refractivity contribution in [2.45, 2.75) is 9.92 Å². The van der Waals surface area contributed by atoms with E-state index >= 15 is 0 Å². The molecule has 5 nitrogen and oxygen atoms in total. The Hall–Kier alpha value is -2.80. The van der Waals surface area contributed by atoms with Crippen LogP contribution in [-0.2, 0) is 9.84 Å². The third-order valence-corrected chi connectivity index (χ3v) is 6.28. The number of benzene rings is 3. The molecule has 3 aromatic carbocycles. The summed E-state index contributed by atoms with van der Waals surface area (Å²) in [6, 6.07) is 21.8. The van der Waals surface area contributed by atoms with Gasteiger partial charge in [-0.3, -0.25) is 0 Å². The third kappa shape index (κ3) is 4.15. The summed E-state index contributed by atoms with van der Waals surface area (Å²) in [4.78, 5) is 4.35. The number of hydrogen-bond donors (Lipinski definition) is 1. The molecule has 0 saturated heterocycles. The molecule has 0 aliphatic rings. The number of anilines is 2. The second-order valence-corrected chi connectivity index (χ2v) is 8.85. The van der Waals surface area contributed by atoms with Crippen LogP contribution in [0.25, 0.3) is 11.5 Å². The van der Waals surface area contributed by atoms with Crippen LogP contribution in [0, 0.1) is 0 Å². The van der Waals surface area contributed by atoms with Crippen molar-refractivity contribution < 1.29 is 12.8 Å². The SMILES string of the molecule is O=S(=O)(c1ccc(Cl)cc1)c1nc(-c2ccc(Cl)cc2)oc1Nc1ccccc1. The van der Waals surface area contributed by atoms with Gasteiger partial charge in [0.1, 0.15) is 0 Å². The Balaban J connectivity index is 1.84. The highest BCUT2D eigenvalue weighted by atomic mass is 35.5. The quantitative estimate of drug-likeness (QED) is 0.395. The van der Waals surface area contributed by atoms with Gasteiger partial charge in [0.25, 0.3) is 0 Å². The van der Waals surface area contributed by atoms with Gasteiger partial charge in [-0.15, -0.1) is 0 Å². The Morgan fingerprint density at radius 1 is 0.793 bits per heavy atom. The van der Waals surface area contributed by atoms with Crippen molar-refractivity contribution in [1.29, 1.82) is 0 Å². The van der Waals surface area contributed by atoms with Crippen LogP contribution < -0.4 is 5.32 Å². The summed E-state index contributed by atoms with van der Waals surface area (Å²) in [5.41, 5.74) is 1.27. The van der Waals surface area contributed by atoms with Gasteiger partial charge in [-0.1, -0.05) is 41.4 Å². The summed E-state index contributed by atoms with van der Waals surface area (Å²) in [7, 11) is -3.95. The zero-order valence-electron chi connectivity index (χ0n) is 14.8. The second kappa shape index (κ2) is 7.91. The molecular weight excluding hydrogens is 431 g/mol. The van der Waals surface area contributed by atoms with Crippen LogP contribution in [0.5, 0.6) is 0 Å². The molecule has 0 aliphatic carbocycles. The molecule has 4 rings (SSSR count). The Morgan fingerprint density at radius 3 is 2.00 bits per heavy atom. The summed E-state index contributed by atoms with van der Waals surface area (Å²) < 4.78 is 32.3. The number of rotatable bonds is 5. The van der Waals surface area contributed by atoms with E-state index in [0.29, 0.717) is 21.3 Å². The number of nitrogens with zero attached hydrogens (tertiary/aromatic N) is 1. The second-order valence-electron chi connectivity index (χ2n) is 6.11. The molecule has 0 spiro atoms. The topological polar surface area (TPSA) is 72.2 Å². The molecule has 1 aromatic heterocycles. The molecule has 146 valence electrons. The molecule has 0 saturated carbocycles. The fraction of sp³-hybridized carbons (Fsp3) is 0. The highest BCUT2D eigenvalue weighted by Crippen LogP contribution is 2.34. The number of para-hydroxylation sites is 1. The van der Waals surface area contributed by atoms with Crippen molar-refractivity contribution in [3.8, 4) is 11.5 Å². The molecule has 0 unspecified atom stereocenters. The van der Waals surface area contributed by atoms with Gasteiger partial charge in [0.05, 0.1) is 4.90 Å². The highest BCUT2D eigenvalue weighted by molar-refractivity contribution is 7.91. The largest absolute Gasteiger partial charge is 0.419 e. The fourth-order valence-electron chi connectivity index (χ4n) is 2.66. The monoisotopic (exact) mass is 444 g/mol. The lowest BCUT2D eigenvalue weighted by Crippen LogP contribution is -2.05. The van der Waals surface area contributed by atoms with Gasteiger partial charge >= 0.3 is 0 Å².